The quantitative estimate of drug-likeness (QED) is 0.583. The third kappa shape index (κ3) is 5.75. The molecule has 2 saturated heterocycles. The van der Waals surface area contributed by atoms with Crippen molar-refractivity contribution in [1.82, 2.24) is 19.4 Å². The number of rotatable bonds is 7. The molecule has 1 N–H and O–H groups in total. The summed E-state index contributed by atoms with van der Waals surface area (Å²) in [5.41, 5.74) is -0.0462. The average molecular weight is 487 g/mol. The van der Waals surface area contributed by atoms with Gasteiger partial charge in [-0.25, -0.2) is 9.18 Å². The maximum absolute atomic E-state index is 14.0. The summed E-state index contributed by atoms with van der Waals surface area (Å²) in [6.45, 7) is 6.01. The lowest BCUT2D eigenvalue weighted by molar-refractivity contribution is -0.125. The lowest BCUT2D eigenvalue weighted by Crippen LogP contribution is -2.48. The first-order valence-electron chi connectivity index (χ1n) is 12.4. The van der Waals surface area contributed by atoms with Crippen LogP contribution in [0.25, 0.3) is 0 Å². The number of carbonyl (C=O) groups is 1. The number of nitrogens with one attached hydrogen (secondary N) is 1. The van der Waals surface area contributed by atoms with Crippen molar-refractivity contribution in [2.24, 2.45) is 20.0 Å². The van der Waals surface area contributed by atoms with Gasteiger partial charge in [0.25, 0.3) is 5.56 Å². The van der Waals surface area contributed by atoms with E-state index in [4.69, 9.17) is 0 Å². The van der Waals surface area contributed by atoms with E-state index in [2.05, 4.69) is 15.1 Å². The van der Waals surface area contributed by atoms with Crippen LogP contribution in [-0.4, -0.2) is 72.3 Å². The Balaban J connectivity index is 1.21. The second-order valence-corrected chi connectivity index (χ2v) is 9.45. The van der Waals surface area contributed by atoms with E-state index in [0.29, 0.717) is 31.1 Å². The Morgan fingerprint density at radius 2 is 1.77 bits per heavy atom. The highest BCUT2D eigenvalue weighted by Crippen LogP contribution is 2.22. The van der Waals surface area contributed by atoms with Crippen LogP contribution < -0.4 is 26.4 Å². The fraction of sp³-hybridized carbons (Fsp3) is 0.560. The zero-order chi connectivity index (χ0) is 24.9. The summed E-state index contributed by atoms with van der Waals surface area (Å²) in [5.74, 6) is 0.229. The van der Waals surface area contributed by atoms with Gasteiger partial charge in [-0.3, -0.25) is 23.6 Å². The largest absolute Gasteiger partial charge is 0.367 e. The van der Waals surface area contributed by atoms with Gasteiger partial charge in [-0.2, -0.15) is 0 Å². The first kappa shape index (κ1) is 25.0. The molecule has 2 fully saturated rings. The molecule has 2 aliphatic rings. The summed E-state index contributed by atoms with van der Waals surface area (Å²) in [6, 6.07) is 8.36. The van der Waals surface area contributed by atoms with Gasteiger partial charge >= 0.3 is 5.69 Å². The molecule has 1 atom stereocenters. The van der Waals surface area contributed by atoms with Gasteiger partial charge in [0.05, 0.1) is 11.6 Å². The topological polar surface area (TPSA) is 82.8 Å². The fourth-order valence-electron chi connectivity index (χ4n) is 5.00. The summed E-state index contributed by atoms with van der Waals surface area (Å²) in [7, 11) is 3.11. The number of halogens is 1. The van der Waals surface area contributed by atoms with Crippen LogP contribution in [0.2, 0.25) is 0 Å². The van der Waals surface area contributed by atoms with E-state index in [1.54, 1.807) is 13.1 Å². The Bertz CT molecular complexity index is 1150. The van der Waals surface area contributed by atoms with Crippen LogP contribution in [-0.2, 0) is 18.9 Å². The molecule has 0 spiro atoms. The molecule has 1 aromatic carbocycles. The van der Waals surface area contributed by atoms with Crippen LogP contribution in [0.1, 0.15) is 19.3 Å². The second kappa shape index (κ2) is 11.1. The van der Waals surface area contributed by atoms with Crippen molar-refractivity contribution in [2.75, 3.05) is 62.2 Å². The lowest BCUT2D eigenvalue weighted by Gasteiger charge is -2.36. The molecule has 4 rings (SSSR count). The van der Waals surface area contributed by atoms with E-state index in [-0.39, 0.29) is 28.9 Å². The Hall–Kier alpha value is -3.14. The van der Waals surface area contributed by atoms with Crippen molar-refractivity contribution in [1.29, 1.82) is 0 Å². The Kier molecular flexibility index (Phi) is 7.90. The molecule has 1 amide bonds. The van der Waals surface area contributed by atoms with Gasteiger partial charge in [-0.1, -0.05) is 12.1 Å². The van der Waals surface area contributed by atoms with Gasteiger partial charge in [0, 0.05) is 66.0 Å². The minimum Gasteiger partial charge on any atom is -0.367 e. The molecular formula is C25H35FN6O3. The van der Waals surface area contributed by atoms with Gasteiger partial charge in [-0.15, -0.1) is 0 Å². The molecule has 0 bridgehead atoms. The van der Waals surface area contributed by atoms with E-state index < -0.39 is 0 Å². The highest BCUT2D eigenvalue weighted by molar-refractivity contribution is 5.79. The summed E-state index contributed by atoms with van der Waals surface area (Å²) >= 11 is 0. The monoisotopic (exact) mass is 486 g/mol. The highest BCUT2D eigenvalue weighted by atomic mass is 19.1. The molecule has 0 aliphatic carbocycles. The predicted molar refractivity (Wildman–Crippen MR) is 135 cm³/mol. The summed E-state index contributed by atoms with van der Waals surface area (Å²) < 4.78 is 16.6. The van der Waals surface area contributed by atoms with Crippen molar-refractivity contribution in [3.63, 3.8) is 0 Å². The normalized spacial score (nSPS) is 19.1. The van der Waals surface area contributed by atoms with Crippen molar-refractivity contribution < 1.29 is 9.18 Å². The zero-order valence-electron chi connectivity index (χ0n) is 20.6. The molecule has 2 aromatic rings. The molecule has 3 heterocycles. The number of hydrogen-bond donors (Lipinski definition) is 1. The molecule has 2 aliphatic heterocycles. The molecule has 10 heteroatoms. The maximum Gasteiger partial charge on any atom is 0.332 e. The van der Waals surface area contributed by atoms with Crippen molar-refractivity contribution in [3.05, 3.63) is 57.0 Å². The number of piperazine rings is 1. The lowest BCUT2D eigenvalue weighted by atomic mass is 9.97. The molecule has 190 valence electrons. The van der Waals surface area contributed by atoms with E-state index >= 15 is 0 Å². The standard InChI is InChI=1S/C25H35FN6O3/c1-28-22(17-23(33)29(2)25(28)35)32-12-5-7-19(18-32)24(34)27-10-6-11-30-13-15-31(16-14-30)21-9-4-3-8-20(21)26/h3-4,8-9,17,19H,5-7,10-16,18H2,1-2H3,(H,27,34)/t19-/m0/s1. The minimum absolute atomic E-state index is 0.0212. The number of benzene rings is 1. The van der Waals surface area contributed by atoms with Crippen molar-refractivity contribution >= 4 is 17.4 Å². The smallest absolute Gasteiger partial charge is 0.332 e. The van der Waals surface area contributed by atoms with E-state index in [1.807, 2.05) is 17.0 Å². The van der Waals surface area contributed by atoms with Crippen molar-refractivity contribution in [3.8, 4) is 0 Å². The number of carbonyl (C=O) groups excluding carboxylic acids is 1. The molecular weight excluding hydrogens is 451 g/mol. The van der Waals surface area contributed by atoms with Crippen LogP contribution >= 0.6 is 0 Å². The number of anilines is 2. The van der Waals surface area contributed by atoms with Crippen LogP contribution in [0.3, 0.4) is 0 Å². The molecule has 0 saturated carbocycles. The molecule has 0 radical (unpaired) electrons. The summed E-state index contributed by atoms with van der Waals surface area (Å²) in [5, 5.41) is 3.07. The fourth-order valence-corrected chi connectivity index (χ4v) is 5.00. The Labute approximate surface area is 204 Å². The zero-order valence-corrected chi connectivity index (χ0v) is 20.6. The summed E-state index contributed by atoms with van der Waals surface area (Å²) in [6.07, 6.45) is 2.47. The number of nitrogens with zero attached hydrogens (tertiary/aromatic N) is 5. The van der Waals surface area contributed by atoms with Gasteiger partial charge < -0.3 is 15.1 Å². The van der Waals surface area contributed by atoms with Gasteiger partial charge in [-0.05, 0) is 37.9 Å². The first-order chi connectivity index (χ1) is 16.8. The second-order valence-electron chi connectivity index (χ2n) is 9.45. The number of piperidine rings is 1. The first-order valence-corrected chi connectivity index (χ1v) is 12.4. The number of aromatic nitrogens is 2. The molecule has 35 heavy (non-hydrogen) atoms. The number of hydrogen-bond acceptors (Lipinski definition) is 6. The Morgan fingerprint density at radius 1 is 1.03 bits per heavy atom. The molecule has 1 aromatic heterocycles. The predicted octanol–water partition coefficient (Wildman–Crippen LogP) is 0.768. The molecule has 0 unspecified atom stereocenters. The number of amides is 1. The van der Waals surface area contributed by atoms with Crippen LogP contribution in [0, 0.1) is 11.7 Å². The maximum atomic E-state index is 14.0. The van der Waals surface area contributed by atoms with Crippen LogP contribution in [0.5, 0.6) is 0 Å². The third-order valence-electron chi connectivity index (χ3n) is 7.13. The summed E-state index contributed by atoms with van der Waals surface area (Å²) in [4.78, 5) is 43.6. The van der Waals surface area contributed by atoms with Gasteiger partial charge in [0.2, 0.25) is 5.91 Å². The van der Waals surface area contributed by atoms with Crippen LogP contribution in [0.15, 0.2) is 39.9 Å². The Morgan fingerprint density at radius 3 is 2.51 bits per heavy atom. The van der Waals surface area contributed by atoms with Crippen molar-refractivity contribution in [2.45, 2.75) is 19.3 Å². The van der Waals surface area contributed by atoms with Crippen LogP contribution in [0.4, 0.5) is 15.9 Å². The van der Waals surface area contributed by atoms with Gasteiger partial charge in [0.15, 0.2) is 0 Å². The molecule has 9 nitrogen and oxygen atoms in total. The third-order valence-corrected chi connectivity index (χ3v) is 7.13. The average Bonchev–Trinajstić information content (AvgIpc) is 2.88. The SMILES string of the molecule is Cn1c(N2CCC[C@H](C(=O)NCCCN3CCN(c4ccccc4F)CC3)C2)cc(=O)n(C)c1=O. The van der Waals surface area contributed by atoms with E-state index in [9.17, 15) is 18.8 Å². The van der Waals surface area contributed by atoms with E-state index in [0.717, 1.165) is 56.6 Å². The number of para-hydroxylation sites is 1. The van der Waals surface area contributed by atoms with Gasteiger partial charge in [0.1, 0.15) is 11.6 Å². The van der Waals surface area contributed by atoms with E-state index in [1.165, 1.54) is 23.7 Å². The minimum atomic E-state index is -0.367. The highest BCUT2D eigenvalue weighted by Gasteiger charge is 2.27.